The van der Waals surface area contributed by atoms with Crippen molar-refractivity contribution in [1.29, 1.82) is 0 Å². The lowest BCUT2D eigenvalue weighted by molar-refractivity contribution is -0.384. The van der Waals surface area contributed by atoms with Gasteiger partial charge in [-0.15, -0.1) is 0 Å². The minimum Gasteiger partial charge on any atom is -0.491 e. The Morgan fingerprint density at radius 3 is 2.48 bits per heavy atom. The van der Waals surface area contributed by atoms with Gasteiger partial charge in [-0.3, -0.25) is 14.9 Å². The molecule has 0 unspecified atom stereocenters. The first kappa shape index (κ1) is 18.4. The highest BCUT2D eigenvalue weighted by molar-refractivity contribution is 6.04. The van der Waals surface area contributed by atoms with Gasteiger partial charge < -0.3 is 14.8 Å². The molecule has 2 aromatic carbocycles. The average Bonchev–Trinajstić information content (AvgIpc) is 2.60. The Morgan fingerprint density at radius 1 is 1.16 bits per heavy atom. The first-order valence-electron chi connectivity index (χ1n) is 7.88. The van der Waals surface area contributed by atoms with E-state index < -0.39 is 4.92 Å². The van der Waals surface area contributed by atoms with Crippen LogP contribution in [0.1, 0.15) is 22.8 Å². The number of carbonyl (C=O) groups excluding carboxylic acids is 1. The molecule has 7 heteroatoms. The van der Waals surface area contributed by atoms with Crippen LogP contribution >= 0.6 is 0 Å². The Morgan fingerprint density at radius 2 is 1.88 bits per heavy atom. The van der Waals surface area contributed by atoms with Gasteiger partial charge in [0.25, 0.3) is 11.6 Å². The molecule has 0 bridgehead atoms. The number of nitro groups is 1. The zero-order valence-corrected chi connectivity index (χ0v) is 14.2. The number of hydrogen-bond acceptors (Lipinski definition) is 5. The summed E-state index contributed by atoms with van der Waals surface area (Å²) >= 11 is 0. The first-order valence-corrected chi connectivity index (χ1v) is 7.88. The second-order valence-corrected chi connectivity index (χ2v) is 5.28. The summed E-state index contributed by atoms with van der Waals surface area (Å²) in [6.07, 6.45) is 0. The largest absolute Gasteiger partial charge is 0.491 e. The van der Waals surface area contributed by atoms with Crippen LogP contribution in [0.25, 0.3) is 0 Å². The predicted octanol–water partition coefficient (Wildman–Crippen LogP) is 3.57. The lowest BCUT2D eigenvalue weighted by atomic mass is 10.1. The van der Waals surface area contributed by atoms with Crippen LogP contribution in [0.3, 0.4) is 0 Å². The summed E-state index contributed by atoms with van der Waals surface area (Å²) in [5, 5.41) is 13.5. The van der Waals surface area contributed by atoms with E-state index in [4.69, 9.17) is 9.47 Å². The van der Waals surface area contributed by atoms with Gasteiger partial charge in [0, 0.05) is 30.0 Å². The highest BCUT2D eigenvalue weighted by Gasteiger charge is 2.11. The zero-order valence-electron chi connectivity index (χ0n) is 14.2. The molecule has 2 rings (SSSR count). The molecule has 0 aromatic heterocycles. The van der Waals surface area contributed by atoms with Crippen LogP contribution in [0.2, 0.25) is 0 Å². The van der Waals surface area contributed by atoms with Crippen LogP contribution in [0.4, 0.5) is 11.4 Å². The van der Waals surface area contributed by atoms with Gasteiger partial charge in [-0.2, -0.15) is 0 Å². The molecule has 2 aromatic rings. The van der Waals surface area contributed by atoms with Gasteiger partial charge in [0.2, 0.25) is 0 Å². The molecule has 0 aliphatic carbocycles. The molecular weight excluding hydrogens is 324 g/mol. The number of nitrogens with one attached hydrogen (secondary N) is 1. The molecule has 25 heavy (non-hydrogen) atoms. The molecule has 1 N–H and O–H groups in total. The Kier molecular flexibility index (Phi) is 6.47. The molecule has 1 amide bonds. The lowest BCUT2D eigenvalue weighted by Crippen LogP contribution is -2.13. The number of rotatable bonds is 8. The molecule has 0 saturated heterocycles. The molecule has 132 valence electrons. The normalized spacial score (nSPS) is 10.3. The van der Waals surface area contributed by atoms with Gasteiger partial charge in [0.05, 0.1) is 11.5 Å². The van der Waals surface area contributed by atoms with E-state index in [1.807, 2.05) is 6.92 Å². The second-order valence-electron chi connectivity index (χ2n) is 5.28. The molecule has 0 heterocycles. The van der Waals surface area contributed by atoms with Gasteiger partial charge >= 0.3 is 0 Å². The van der Waals surface area contributed by atoms with Gasteiger partial charge in [-0.05, 0) is 49.7 Å². The van der Waals surface area contributed by atoms with E-state index in [2.05, 4.69) is 5.32 Å². The van der Waals surface area contributed by atoms with Crippen LogP contribution in [0, 0.1) is 17.0 Å². The minimum absolute atomic E-state index is 0.0101. The number of nitro benzene ring substituents is 1. The van der Waals surface area contributed by atoms with Crippen molar-refractivity contribution < 1.29 is 19.2 Å². The van der Waals surface area contributed by atoms with E-state index in [9.17, 15) is 14.9 Å². The van der Waals surface area contributed by atoms with Gasteiger partial charge in [-0.1, -0.05) is 0 Å². The second kappa shape index (κ2) is 8.79. The SMILES string of the molecule is CCOCCOc1ccc(C(=O)Nc2ccc([N+](=O)[O-])cc2C)cc1. The van der Waals surface area contributed by atoms with E-state index in [1.54, 1.807) is 31.2 Å². The average molecular weight is 344 g/mol. The van der Waals surface area contributed by atoms with Gasteiger partial charge in [0.1, 0.15) is 12.4 Å². The quantitative estimate of drug-likeness (QED) is 0.449. The number of hydrogen-bond donors (Lipinski definition) is 1. The van der Waals surface area contributed by atoms with Crippen LogP contribution in [-0.4, -0.2) is 30.7 Å². The minimum atomic E-state index is -0.469. The molecule has 0 aliphatic heterocycles. The van der Waals surface area contributed by atoms with Gasteiger partial charge in [0.15, 0.2) is 0 Å². The summed E-state index contributed by atoms with van der Waals surface area (Å²) in [5.74, 6) is 0.362. The summed E-state index contributed by atoms with van der Waals surface area (Å²) in [7, 11) is 0. The fraction of sp³-hybridized carbons (Fsp3) is 0.278. The lowest BCUT2D eigenvalue weighted by Gasteiger charge is -2.09. The predicted molar refractivity (Wildman–Crippen MR) is 94.2 cm³/mol. The van der Waals surface area contributed by atoms with Crippen LogP contribution in [0.15, 0.2) is 42.5 Å². The Balaban J connectivity index is 1.98. The van der Waals surface area contributed by atoms with Crippen molar-refractivity contribution in [3.05, 3.63) is 63.7 Å². The topological polar surface area (TPSA) is 90.7 Å². The number of aryl methyl sites for hydroxylation is 1. The van der Waals surface area contributed by atoms with Crippen molar-refractivity contribution in [3.63, 3.8) is 0 Å². The highest BCUT2D eigenvalue weighted by atomic mass is 16.6. The number of non-ortho nitro benzene ring substituents is 1. The maximum atomic E-state index is 12.3. The Labute approximate surface area is 145 Å². The summed E-state index contributed by atoms with van der Waals surface area (Å²) < 4.78 is 10.7. The van der Waals surface area contributed by atoms with Crippen molar-refractivity contribution >= 4 is 17.3 Å². The fourth-order valence-electron chi connectivity index (χ4n) is 2.16. The Hall–Kier alpha value is -2.93. The molecule has 0 atom stereocenters. The van der Waals surface area contributed by atoms with E-state index in [-0.39, 0.29) is 11.6 Å². The van der Waals surface area contributed by atoms with Crippen LogP contribution < -0.4 is 10.1 Å². The van der Waals surface area contributed by atoms with Gasteiger partial charge in [-0.25, -0.2) is 0 Å². The molecule has 0 spiro atoms. The molecule has 7 nitrogen and oxygen atoms in total. The molecular formula is C18H20N2O5. The standard InChI is InChI=1S/C18H20N2O5/c1-3-24-10-11-25-16-7-4-14(5-8-16)18(21)19-17-9-6-15(20(22)23)12-13(17)2/h4-9,12H,3,10-11H2,1-2H3,(H,19,21). The summed E-state index contributed by atoms with van der Waals surface area (Å²) in [5.41, 5.74) is 1.62. The number of nitrogens with zero attached hydrogens (tertiary/aromatic N) is 1. The summed E-state index contributed by atoms with van der Waals surface area (Å²) in [4.78, 5) is 22.6. The fourth-order valence-corrected chi connectivity index (χ4v) is 2.16. The molecule has 0 radical (unpaired) electrons. The monoisotopic (exact) mass is 344 g/mol. The molecule has 0 fully saturated rings. The van der Waals surface area contributed by atoms with Crippen LogP contribution in [0.5, 0.6) is 5.75 Å². The summed E-state index contributed by atoms with van der Waals surface area (Å²) in [6, 6.07) is 11.0. The van der Waals surface area contributed by atoms with Crippen molar-refractivity contribution in [3.8, 4) is 5.75 Å². The third-order valence-corrected chi connectivity index (χ3v) is 3.49. The van der Waals surface area contributed by atoms with E-state index >= 15 is 0 Å². The molecule has 0 saturated carbocycles. The Bertz CT molecular complexity index is 744. The van der Waals surface area contributed by atoms with Crippen LogP contribution in [-0.2, 0) is 4.74 Å². The van der Waals surface area contributed by atoms with E-state index in [0.29, 0.717) is 42.4 Å². The number of benzene rings is 2. The third-order valence-electron chi connectivity index (χ3n) is 3.49. The van der Waals surface area contributed by atoms with Crippen molar-refractivity contribution in [2.45, 2.75) is 13.8 Å². The van der Waals surface area contributed by atoms with Crippen molar-refractivity contribution in [2.75, 3.05) is 25.1 Å². The highest BCUT2D eigenvalue weighted by Crippen LogP contribution is 2.22. The number of carbonyl (C=O) groups is 1. The maximum Gasteiger partial charge on any atom is 0.269 e. The maximum absolute atomic E-state index is 12.3. The smallest absolute Gasteiger partial charge is 0.269 e. The van der Waals surface area contributed by atoms with Crippen molar-refractivity contribution in [2.24, 2.45) is 0 Å². The summed E-state index contributed by atoms with van der Waals surface area (Å²) in [6.45, 7) is 5.22. The number of ether oxygens (including phenoxy) is 2. The first-order chi connectivity index (χ1) is 12.0. The number of anilines is 1. The zero-order chi connectivity index (χ0) is 18.2. The third kappa shape index (κ3) is 5.29. The van der Waals surface area contributed by atoms with E-state index in [0.717, 1.165) is 0 Å². The number of amides is 1. The van der Waals surface area contributed by atoms with Crippen molar-refractivity contribution in [1.82, 2.24) is 0 Å². The molecule has 0 aliphatic rings. The van der Waals surface area contributed by atoms with E-state index in [1.165, 1.54) is 18.2 Å².